The monoisotopic (exact) mass is 470 g/mol. The summed E-state index contributed by atoms with van der Waals surface area (Å²) >= 11 is 0. The van der Waals surface area contributed by atoms with Gasteiger partial charge in [-0.3, -0.25) is 4.99 Å². The van der Waals surface area contributed by atoms with Crippen molar-refractivity contribution >= 4 is 28.4 Å². The van der Waals surface area contributed by atoms with Gasteiger partial charge in [-0.25, -0.2) is 0 Å². The highest BCUT2D eigenvalue weighted by atomic mass is 16.5. The van der Waals surface area contributed by atoms with Gasteiger partial charge in [-0.05, 0) is 65.4 Å². The molecule has 0 unspecified atom stereocenters. The molecular formula is C33H30N2O. The normalized spacial score (nSPS) is 20.2. The zero-order valence-corrected chi connectivity index (χ0v) is 20.5. The van der Waals surface area contributed by atoms with E-state index in [1.807, 2.05) is 18.3 Å². The third-order valence-electron chi connectivity index (χ3n) is 7.40. The van der Waals surface area contributed by atoms with Crippen molar-refractivity contribution in [2.75, 3.05) is 11.9 Å². The van der Waals surface area contributed by atoms with E-state index >= 15 is 0 Å². The molecule has 0 spiro atoms. The number of nitrogens with one attached hydrogen (secondary N) is 1. The van der Waals surface area contributed by atoms with Crippen molar-refractivity contribution in [3.05, 3.63) is 126 Å². The summed E-state index contributed by atoms with van der Waals surface area (Å²) in [6.07, 6.45) is 9.52. The Morgan fingerprint density at radius 2 is 1.89 bits per heavy atom. The minimum absolute atomic E-state index is 0.287. The largest absolute Gasteiger partial charge is 0.489 e. The lowest BCUT2D eigenvalue weighted by atomic mass is 9.76. The number of hydrogen-bond acceptors (Lipinski definition) is 3. The average molecular weight is 471 g/mol. The zero-order valence-electron chi connectivity index (χ0n) is 20.5. The maximum absolute atomic E-state index is 5.93. The minimum Gasteiger partial charge on any atom is -0.489 e. The Hall–Kier alpha value is -4.11. The molecule has 4 aromatic carbocycles. The molecule has 0 amide bonds. The van der Waals surface area contributed by atoms with E-state index in [4.69, 9.17) is 9.73 Å². The highest BCUT2D eigenvalue weighted by Crippen LogP contribution is 2.50. The first-order valence-corrected chi connectivity index (χ1v) is 12.6. The first-order valence-electron chi connectivity index (χ1n) is 12.6. The molecule has 1 aliphatic heterocycles. The van der Waals surface area contributed by atoms with E-state index in [1.54, 1.807) is 6.08 Å². The van der Waals surface area contributed by atoms with Crippen LogP contribution in [0.25, 0.3) is 10.8 Å². The molecule has 1 N–H and O–H groups in total. The Balaban J connectivity index is 1.28. The van der Waals surface area contributed by atoms with Crippen molar-refractivity contribution in [1.29, 1.82) is 0 Å². The Morgan fingerprint density at radius 3 is 2.75 bits per heavy atom. The fraction of sp³-hybridized carbons (Fsp3) is 0.182. The molecule has 0 saturated heterocycles. The van der Waals surface area contributed by atoms with Gasteiger partial charge < -0.3 is 10.1 Å². The fourth-order valence-corrected chi connectivity index (χ4v) is 5.63. The number of hydrogen-bond donors (Lipinski definition) is 1. The van der Waals surface area contributed by atoms with E-state index in [1.165, 1.54) is 27.8 Å². The number of rotatable bonds is 6. The van der Waals surface area contributed by atoms with Crippen LogP contribution >= 0.6 is 0 Å². The van der Waals surface area contributed by atoms with Crippen molar-refractivity contribution in [2.45, 2.75) is 25.3 Å². The van der Waals surface area contributed by atoms with Crippen molar-refractivity contribution in [1.82, 2.24) is 0 Å². The fourth-order valence-electron chi connectivity index (χ4n) is 5.63. The predicted octanol–water partition coefficient (Wildman–Crippen LogP) is 8.29. The Bertz CT molecular complexity index is 1480. The van der Waals surface area contributed by atoms with Crippen LogP contribution in [0.4, 0.5) is 11.4 Å². The molecule has 3 atom stereocenters. The number of ether oxygens (including phenoxy) is 1. The molecule has 3 heteroatoms. The summed E-state index contributed by atoms with van der Waals surface area (Å²) in [5.74, 6) is 1.83. The highest BCUT2D eigenvalue weighted by Gasteiger charge is 2.37. The minimum atomic E-state index is 0.287. The quantitative estimate of drug-likeness (QED) is 0.227. The second-order valence-corrected chi connectivity index (χ2v) is 9.71. The molecule has 0 radical (unpaired) electrons. The molecule has 2 aliphatic rings. The molecule has 6 rings (SSSR count). The van der Waals surface area contributed by atoms with Crippen LogP contribution < -0.4 is 10.1 Å². The van der Waals surface area contributed by atoms with E-state index in [-0.39, 0.29) is 6.04 Å². The number of nitrogens with zero attached hydrogens (tertiary/aromatic N) is 1. The molecule has 0 saturated carbocycles. The first kappa shape index (κ1) is 22.4. The Labute approximate surface area is 212 Å². The molecule has 1 aliphatic carbocycles. The summed E-state index contributed by atoms with van der Waals surface area (Å²) in [6.45, 7) is 6.41. The maximum atomic E-state index is 5.93. The summed E-state index contributed by atoms with van der Waals surface area (Å²) in [5.41, 5.74) is 7.21. The van der Waals surface area contributed by atoms with Gasteiger partial charge in [0.2, 0.25) is 0 Å². The summed E-state index contributed by atoms with van der Waals surface area (Å²) in [7, 11) is 0. The van der Waals surface area contributed by atoms with E-state index in [9.17, 15) is 0 Å². The third kappa shape index (κ3) is 4.11. The molecular weight excluding hydrogens is 440 g/mol. The number of aliphatic imine (C=N–C) groups is 1. The Morgan fingerprint density at radius 1 is 1.03 bits per heavy atom. The van der Waals surface area contributed by atoms with Crippen molar-refractivity contribution in [3.8, 4) is 5.75 Å². The van der Waals surface area contributed by atoms with Crippen LogP contribution in [0.5, 0.6) is 5.75 Å². The van der Waals surface area contributed by atoms with Gasteiger partial charge >= 0.3 is 0 Å². The first-order chi connectivity index (χ1) is 17.7. The van der Waals surface area contributed by atoms with E-state index < -0.39 is 0 Å². The summed E-state index contributed by atoms with van der Waals surface area (Å²) in [6, 6.07) is 28.1. The van der Waals surface area contributed by atoms with Crippen molar-refractivity contribution < 1.29 is 4.74 Å². The topological polar surface area (TPSA) is 33.6 Å². The molecule has 0 fully saturated rings. The van der Waals surface area contributed by atoms with Gasteiger partial charge in [0.1, 0.15) is 12.4 Å². The predicted molar refractivity (Wildman–Crippen MR) is 151 cm³/mol. The van der Waals surface area contributed by atoms with Crippen LogP contribution in [0.3, 0.4) is 0 Å². The van der Waals surface area contributed by atoms with E-state index in [2.05, 4.69) is 97.7 Å². The molecule has 3 nitrogen and oxygen atoms in total. The van der Waals surface area contributed by atoms with E-state index in [0.717, 1.165) is 28.8 Å². The summed E-state index contributed by atoms with van der Waals surface area (Å²) < 4.78 is 5.93. The van der Waals surface area contributed by atoms with Gasteiger partial charge in [0.15, 0.2) is 0 Å². The smallest absolute Gasteiger partial charge is 0.129 e. The van der Waals surface area contributed by atoms with Gasteiger partial charge in [0.05, 0.1) is 11.7 Å². The third-order valence-corrected chi connectivity index (χ3v) is 7.40. The summed E-state index contributed by atoms with van der Waals surface area (Å²) in [4.78, 5) is 4.83. The maximum Gasteiger partial charge on any atom is 0.129 e. The molecule has 178 valence electrons. The van der Waals surface area contributed by atoms with Gasteiger partial charge in [-0.15, -0.1) is 0 Å². The van der Waals surface area contributed by atoms with Crippen LogP contribution in [0.2, 0.25) is 0 Å². The summed E-state index contributed by atoms with van der Waals surface area (Å²) in [5, 5.41) is 6.12. The van der Waals surface area contributed by atoms with Crippen molar-refractivity contribution in [2.24, 2.45) is 10.9 Å². The van der Waals surface area contributed by atoms with Crippen molar-refractivity contribution in [3.63, 3.8) is 0 Å². The zero-order chi connectivity index (χ0) is 24.5. The average Bonchev–Trinajstić information content (AvgIpc) is 3.41. The lowest BCUT2D eigenvalue weighted by molar-refractivity contribution is 0.363. The number of benzene rings is 4. The highest BCUT2D eigenvalue weighted by molar-refractivity contribution is 6.03. The molecule has 4 aromatic rings. The molecule has 0 aromatic heterocycles. The van der Waals surface area contributed by atoms with Gasteiger partial charge in [0, 0.05) is 23.4 Å². The van der Waals surface area contributed by atoms with Crippen LogP contribution in [0, 0.1) is 12.8 Å². The van der Waals surface area contributed by atoms with Gasteiger partial charge in [0.25, 0.3) is 0 Å². The standard InChI is InChI=1S/C33H30N2O/c1-3-19-36-32-18-14-23-7-4-5-8-26(23)30(32)21-34-25-15-12-24(13-16-25)33-28-10-6-9-27(28)29-20-22(2)11-17-31(29)35-33/h3-9,11-18,20-21,27-28,33,35H,1,10,19H2,2H3/t27-,28-,33-/m0/s1. The lowest BCUT2D eigenvalue weighted by Gasteiger charge is -2.37. The van der Waals surface area contributed by atoms with Gasteiger partial charge in [-0.2, -0.15) is 0 Å². The molecule has 36 heavy (non-hydrogen) atoms. The molecule has 0 bridgehead atoms. The number of aryl methyl sites for hydroxylation is 1. The van der Waals surface area contributed by atoms with Crippen LogP contribution in [-0.2, 0) is 0 Å². The van der Waals surface area contributed by atoms with E-state index in [0.29, 0.717) is 18.4 Å². The van der Waals surface area contributed by atoms with Crippen LogP contribution in [0.15, 0.2) is 109 Å². The van der Waals surface area contributed by atoms with Crippen LogP contribution in [-0.4, -0.2) is 12.8 Å². The number of allylic oxidation sites excluding steroid dienone is 2. The Kier molecular flexibility index (Phi) is 5.90. The lowest BCUT2D eigenvalue weighted by Crippen LogP contribution is -2.29. The second-order valence-electron chi connectivity index (χ2n) is 9.71. The van der Waals surface area contributed by atoms with Crippen LogP contribution in [0.1, 0.15) is 40.6 Å². The number of anilines is 1. The van der Waals surface area contributed by atoms with Gasteiger partial charge in [-0.1, -0.05) is 85.0 Å². The molecule has 1 heterocycles. The number of fused-ring (bicyclic) bond motifs is 4. The second kappa shape index (κ2) is 9.50. The SMILES string of the molecule is C=CCOc1ccc2ccccc2c1C=Nc1ccc([C@@H]2Nc3ccc(C)cc3[C@H]3C=CC[C@@H]32)cc1.